The molecule has 0 saturated heterocycles. The van der Waals surface area contributed by atoms with Gasteiger partial charge in [0.05, 0.1) is 7.11 Å². The van der Waals surface area contributed by atoms with E-state index in [1.165, 1.54) is 7.11 Å². The van der Waals surface area contributed by atoms with Crippen LogP contribution in [0.4, 0.5) is 4.79 Å². The number of hydrogen-bond acceptors (Lipinski definition) is 6. The molecular formula is C22H27NO6. The van der Waals surface area contributed by atoms with E-state index in [1.807, 2.05) is 30.3 Å². The van der Waals surface area contributed by atoms with E-state index in [2.05, 4.69) is 5.32 Å². The van der Waals surface area contributed by atoms with Crippen LogP contribution in [0.15, 0.2) is 54.6 Å². The molecule has 0 radical (unpaired) electrons. The Hall–Kier alpha value is -3.22. The van der Waals surface area contributed by atoms with Crippen molar-refractivity contribution in [1.29, 1.82) is 0 Å². The highest BCUT2D eigenvalue weighted by Gasteiger charge is 2.25. The SMILES string of the molecule is COC(=O)[C@H](COc1ccc(OCc2ccccc2)cc1)NC(=O)OC(C)(C)C. The average Bonchev–Trinajstić information content (AvgIpc) is 2.69. The van der Waals surface area contributed by atoms with Crippen molar-refractivity contribution in [3.05, 3.63) is 60.2 Å². The van der Waals surface area contributed by atoms with Gasteiger partial charge in [0.25, 0.3) is 0 Å². The Morgan fingerprint density at radius 3 is 2.07 bits per heavy atom. The minimum atomic E-state index is -0.996. The number of methoxy groups -OCH3 is 1. The molecule has 2 aromatic rings. The molecule has 1 N–H and O–H groups in total. The van der Waals surface area contributed by atoms with Crippen LogP contribution in [0, 0.1) is 0 Å². The molecule has 0 saturated carbocycles. The average molecular weight is 401 g/mol. The molecule has 2 rings (SSSR count). The number of alkyl carbamates (subject to hydrolysis) is 1. The molecule has 0 unspecified atom stereocenters. The molecule has 0 fully saturated rings. The largest absolute Gasteiger partial charge is 0.491 e. The normalized spacial score (nSPS) is 11.9. The highest BCUT2D eigenvalue weighted by atomic mass is 16.6. The zero-order valence-electron chi connectivity index (χ0n) is 17.1. The van der Waals surface area contributed by atoms with Crippen LogP contribution in [-0.2, 0) is 20.9 Å². The van der Waals surface area contributed by atoms with Gasteiger partial charge in [-0.05, 0) is 50.6 Å². The van der Waals surface area contributed by atoms with Crippen LogP contribution < -0.4 is 14.8 Å². The fourth-order valence-corrected chi connectivity index (χ4v) is 2.31. The number of amides is 1. The number of esters is 1. The lowest BCUT2D eigenvalue weighted by Gasteiger charge is -2.22. The second kappa shape index (κ2) is 10.4. The van der Waals surface area contributed by atoms with Gasteiger partial charge in [-0.3, -0.25) is 0 Å². The van der Waals surface area contributed by atoms with Gasteiger partial charge in [0.1, 0.15) is 30.3 Å². The Kier molecular flexibility index (Phi) is 7.88. The molecule has 7 heteroatoms. The topological polar surface area (TPSA) is 83.1 Å². The summed E-state index contributed by atoms with van der Waals surface area (Å²) >= 11 is 0. The van der Waals surface area contributed by atoms with E-state index >= 15 is 0 Å². The van der Waals surface area contributed by atoms with Crippen molar-refractivity contribution in [3.63, 3.8) is 0 Å². The van der Waals surface area contributed by atoms with E-state index in [0.717, 1.165) is 5.56 Å². The van der Waals surface area contributed by atoms with Crippen LogP contribution in [-0.4, -0.2) is 37.4 Å². The molecule has 0 aliphatic rings. The summed E-state index contributed by atoms with van der Waals surface area (Å²) in [5.74, 6) is 0.591. The molecule has 0 aliphatic heterocycles. The summed E-state index contributed by atoms with van der Waals surface area (Å²) in [5.41, 5.74) is 0.392. The van der Waals surface area contributed by atoms with Crippen LogP contribution in [0.1, 0.15) is 26.3 Å². The van der Waals surface area contributed by atoms with Crippen LogP contribution in [0.25, 0.3) is 0 Å². The molecule has 29 heavy (non-hydrogen) atoms. The van der Waals surface area contributed by atoms with E-state index < -0.39 is 23.7 Å². The number of carbonyl (C=O) groups is 2. The van der Waals surface area contributed by atoms with Crippen molar-refractivity contribution in [1.82, 2.24) is 5.32 Å². The third-order valence-corrected chi connectivity index (χ3v) is 3.67. The van der Waals surface area contributed by atoms with E-state index in [0.29, 0.717) is 18.1 Å². The monoisotopic (exact) mass is 401 g/mol. The Balaban J connectivity index is 1.88. The van der Waals surface area contributed by atoms with Crippen molar-refractivity contribution >= 4 is 12.1 Å². The number of carbonyl (C=O) groups excluding carboxylic acids is 2. The standard InChI is InChI=1S/C22H27NO6/c1-22(2,3)29-21(25)23-19(20(24)26-4)15-28-18-12-10-17(11-13-18)27-14-16-8-6-5-7-9-16/h5-13,19H,14-15H2,1-4H3,(H,23,25)/t19-/m0/s1. The third kappa shape index (κ3) is 8.13. The van der Waals surface area contributed by atoms with Gasteiger partial charge in [0, 0.05) is 0 Å². The van der Waals surface area contributed by atoms with Crippen molar-refractivity contribution in [3.8, 4) is 11.5 Å². The van der Waals surface area contributed by atoms with Crippen LogP contribution in [0.3, 0.4) is 0 Å². The van der Waals surface area contributed by atoms with Crippen molar-refractivity contribution in [2.75, 3.05) is 13.7 Å². The lowest BCUT2D eigenvalue weighted by Crippen LogP contribution is -2.47. The van der Waals surface area contributed by atoms with E-state index in [9.17, 15) is 9.59 Å². The van der Waals surface area contributed by atoms with E-state index in [4.69, 9.17) is 18.9 Å². The summed E-state index contributed by atoms with van der Waals surface area (Å²) in [6.45, 7) is 5.56. The molecule has 1 amide bonds. The summed E-state index contributed by atoms with van der Waals surface area (Å²) in [5, 5.41) is 2.46. The van der Waals surface area contributed by atoms with Gasteiger partial charge in [-0.1, -0.05) is 30.3 Å². The maximum atomic E-state index is 11.9. The lowest BCUT2D eigenvalue weighted by atomic mass is 10.2. The molecule has 2 aromatic carbocycles. The van der Waals surface area contributed by atoms with Gasteiger partial charge in [-0.2, -0.15) is 0 Å². The molecule has 0 aliphatic carbocycles. The Labute approximate surface area is 170 Å². The predicted molar refractivity (Wildman–Crippen MR) is 108 cm³/mol. The minimum absolute atomic E-state index is 0.101. The van der Waals surface area contributed by atoms with Crippen molar-refractivity contribution < 1.29 is 28.5 Å². The van der Waals surface area contributed by atoms with Gasteiger partial charge in [0.15, 0.2) is 6.04 Å². The van der Waals surface area contributed by atoms with Gasteiger partial charge in [0.2, 0.25) is 0 Å². The first-order chi connectivity index (χ1) is 13.8. The summed E-state index contributed by atoms with van der Waals surface area (Å²) < 4.78 is 21.2. The highest BCUT2D eigenvalue weighted by molar-refractivity contribution is 5.81. The summed E-state index contributed by atoms with van der Waals surface area (Å²) in [7, 11) is 1.24. The number of rotatable bonds is 8. The highest BCUT2D eigenvalue weighted by Crippen LogP contribution is 2.19. The first-order valence-corrected chi connectivity index (χ1v) is 9.24. The van der Waals surface area contributed by atoms with E-state index in [1.54, 1.807) is 45.0 Å². The fraction of sp³-hybridized carbons (Fsp3) is 0.364. The fourth-order valence-electron chi connectivity index (χ4n) is 2.31. The lowest BCUT2D eigenvalue weighted by molar-refractivity contribution is -0.143. The van der Waals surface area contributed by atoms with Crippen LogP contribution >= 0.6 is 0 Å². The Morgan fingerprint density at radius 1 is 0.931 bits per heavy atom. The number of benzene rings is 2. The van der Waals surface area contributed by atoms with Crippen LogP contribution in [0.5, 0.6) is 11.5 Å². The summed E-state index contributed by atoms with van der Waals surface area (Å²) in [6, 6.07) is 15.8. The second-order valence-electron chi connectivity index (χ2n) is 7.28. The summed E-state index contributed by atoms with van der Waals surface area (Å²) in [6.07, 6.45) is -0.721. The first kappa shape index (κ1) is 22.1. The third-order valence-electron chi connectivity index (χ3n) is 3.67. The Bertz CT molecular complexity index is 783. The Morgan fingerprint density at radius 2 is 1.52 bits per heavy atom. The van der Waals surface area contributed by atoms with Crippen molar-refractivity contribution in [2.24, 2.45) is 0 Å². The van der Waals surface area contributed by atoms with Gasteiger partial charge in [-0.25, -0.2) is 9.59 Å². The van der Waals surface area contributed by atoms with Gasteiger partial charge in [-0.15, -0.1) is 0 Å². The van der Waals surface area contributed by atoms with Crippen LogP contribution in [0.2, 0.25) is 0 Å². The summed E-state index contributed by atoms with van der Waals surface area (Å²) in [4.78, 5) is 23.8. The molecular weight excluding hydrogens is 374 g/mol. The zero-order chi connectivity index (χ0) is 21.3. The second-order valence-corrected chi connectivity index (χ2v) is 7.28. The maximum absolute atomic E-state index is 11.9. The molecule has 0 bridgehead atoms. The predicted octanol–water partition coefficient (Wildman–Crippen LogP) is 3.71. The smallest absolute Gasteiger partial charge is 0.408 e. The zero-order valence-corrected chi connectivity index (χ0v) is 17.1. The minimum Gasteiger partial charge on any atom is -0.491 e. The first-order valence-electron chi connectivity index (χ1n) is 9.24. The quantitative estimate of drug-likeness (QED) is 0.679. The molecule has 156 valence electrons. The van der Waals surface area contributed by atoms with Crippen molar-refractivity contribution in [2.45, 2.75) is 39.0 Å². The molecule has 1 atom stereocenters. The van der Waals surface area contributed by atoms with Gasteiger partial charge >= 0.3 is 12.1 Å². The number of ether oxygens (including phenoxy) is 4. The van der Waals surface area contributed by atoms with E-state index in [-0.39, 0.29) is 6.61 Å². The number of nitrogens with one attached hydrogen (secondary N) is 1. The van der Waals surface area contributed by atoms with Gasteiger partial charge < -0.3 is 24.3 Å². The molecule has 0 aromatic heterocycles. The maximum Gasteiger partial charge on any atom is 0.408 e. The molecule has 7 nitrogen and oxygen atoms in total. The number of hydrogen-bond donors (Lipinski definition) is 1. The molecule has 0 heterocycles. The molecule has 0 spiro atoms.